The van der Waals surface area contributed by atoms with Crippen LogP contribution in [-0.4, -0.2) is 10.6 Å². The van der Waals surface area contributed by atoms with Gasteiger partial charge in [0.2, 0.25) is 5.91 Å². The second-order valence-corrected chi connectivity index (χ2v) is 6.18. The summed E-state index contributed by atoms with van der Waals surface area (Å²) in [5, 5.41) is 2.33. The number of carbonyl (C=O) groups excluding carboxylic acids is 1. The summed E-state index contributed by atoms with van der Waals surface area (Å²) in [7, 11) is 0. The van der Waals surface area contributed by atoms with Gasteiger partial charge in [-0.25, -0.2) is 4.68 Å². The van der Waals surface area contributed by atoms with Crippen molar-refractivity contribution in [2.45, 2.75) is 6.42 Å². The molecule has 2 aromatic carbocycles. The van der Waals surface area contributed by atoms with Crippen LogP contribution in [0.3, 0.4) is 0 Å². The Hall–Kier alpha value is -1.89. The first-order chi connectivity index (χ1) is 11.1. The van der Waals surface area contributed by atoms with Crippen molar-refractivity contribution in [2.75, 3.05) is 5.43 Å². The number of thiazole rings is 1. The number of carbonyl (C=O) groups is 1. The molecule has 0 saturated carbocycles. The molecule has 0 aliphatic rings. The molecule has 1 aromatic heterocycles. The number of benzene rings is 2. The number of halogens is 2. The Bertz CT molecular complexity index is 876. The van der Waals surface area contributed by atoms with E-state index in [1.165, 1.54) is 4.68 Å². The molecule has 24 heavy (non-hydrogen) atoms. The van der Waals surface area contributed by atoms with Crippen molar-refractivity contribution in [3.63, 3.8) is 0 Å². The molecule has 0 unspecified atom stereocenters. The summed E-state index contributed by atoms with van der Waals surface area (Å²) in [6.07, 6.45) is 0.211. The van der Waals surface area contributed by atoms with Gasteiger partial charge in [0.25, 0.3) is 0 Å². The van der Waals surface area contributed by atoms with E-state index in [9.17, 15) is 9.59 Å². The van der Waals surface area contributed by atoms with Gasteiger partial charge in [-0.1, -0.05) is 65.4 Å². The van der Waals surface area contributed by atoms with Crippen LogP contribution in [0.2, 0.25) is 5.02 Å². The third-order valence-electron chi connectivity index (χ3n) is 3.28. The smallest absolute Gasteiger partial charge is 0.273 e. The molecule has 0 radical (unpaired) electrons. The predicted octanol–water partition coefficient (Wildman–Crippen LogP) is 4.12. The van der Waals surface area contributed by atoms with Gasteiger partial charge >= 0.3 is 4.87 Å². The molecule has 0 fully saturated rings. The van der Waals surface area contributed by atoms with Crippen molar-refractivity contribution in [3.05, 3.63) is 80.2 Å². The minimum absolute atomic E-state index is 0. The average Bonchev–Trinajstić information content (AvgIpc) is 2.90. The van der Waals surface area contributed by atoms with Crippen LogP contribution in [0.15, 0.2) is 64.8 Å². The number of nitrogens with one attached hydrogen (secondary N) is 1. The Morgan fingerprint density at radius 1 is 1.08 bits per heavy atom. The molecule has 4 nitrogen and oxygen atoms in total. The maximum absolute atomic E-state index is 12.2. The molecule has 7 heteroatoms. The molecule has 0 saturated heterocycles. The fourth-order valence-electron chi connectivity index (χ4n) is 2.18. The van der Waals surface area contributed by atoms with Crippen molar-refractivity contribution >= 4 is 45.8 Å². The number of hydrogen-bond donors (Lipinski definition) is 1. The van der Waals surface area contributed by atoms with Gasteiger partial charge < -0.3 is 0 Å². The molecule has 1 amide bonds. The van der Waals surface area contributed by atoms with Gasteiger partial charge in [0.1, 0.15) is 0 Å². The molecule has 0 aliphatic heterocycles. The molecule has 3 rings (SSSR count). The lowest BCUT2D eigenvalue weighted by Gasteiger charge is -2.09. The van der Waals surface area contributed by atoms with E-state index in [2.05, 4.69) is 5.43 Å². The van der Waals surface area contributed by atoms with E-state index < -0.39 is 0 Å². The summed E-state index contributed by atoms with van der Waals surface area (Å²) >= 11 is 6.92. The first kappa shape index (κ1) is 18.4. The predicted molar refractivity (Wildman–Crippen MR) is 104 cm³/mol. The Morgan fingerprint density at radius 2 is 1.75 bits per heavy atom. The first-order valence-electron chi connectivity index (χ1n) is 6.94. The highest BCUT2D eigenvalue weighted by molar-refractivity contribution is 8.93. The topological polar surface area (TPSA) is 51.1 Å². The maximum atomic E-state index is 12.2. The lowest BCUT2D eigenvalue weighted by Crippen LogP contribution is -2.31. The third-order valence-corrected chi connectivity index (χ3v) is 4.26. The standard InChI is InChI=1S/C17H13ClN2O2S.BrH/c18-14-8-6-13(7-9-14)15-11-23-17(22)20(15)19-16(21)10-12-4-2-1-3-5-12;/h1-9,11H,10H2,(H,19,21);1H. The van der Waals surface area contributed by atoms with Crippen LogP contribution < -0.4 is 10.3 Å². The number of nitrogens with zero attached hydrogens (tertiary/aromatic N) is 1. The molecule has 0 atom stereocenters. The van der Waals surface area contributed by atoms with Crippen molar-refractivity contribution in [1.29, 1.82) is 0 Å². The van der Waals surface area contributed by atoms with Crippen molar-refractivity contribution < 1.29 is 4.79 Å². The molecule has 3 aromatic rings. The lowest BCUT2D eigenvalue weighted by molar-refractivity contribution is -0.116. The van der Waals surface area contributed by atoms with E-state index in [4.69, 9.17) is 11.6 Å². The quantitative estimate of drug-likeness (QED) is 0.683. The van der Waals surface area contributed by atoms with E-state index in [-0.39, 0.29) is 34.2 Å². The van der Waals surface area contributed by atoms with Crippen LogP contribution in [0.25, 0.3) is 11.3 Å². The van der Waals surface area contributed by atoms with Crippen molar-refractivity contribution in [3.8, 4) is 11.3 Å². The van der Waals surface area contributed by atoms with E-state index in [0.29, 0.717) is 10.7 Å². The number of aromatic nitrogens is 1. The van der Waals surface area contributed by atoms with Crippen molar-refractivity contribution in [2.24, 2.45) is 0 Å². The normalized spacial score (nSPS) is 10.0. The van der Waals surface area contributed by atoms with Gasteiger partial charge in [-0.05, 0) is 17.7 Å². The highest BCUT2D eigenvalue weighted by Gasteiger charge is 2.12. The first-order valence-corrected chi connectivity index (χ1v) is 8.19. The molecule has 0 bridgehead atoms. The van der Waals surface area contributed by atoms with Gasteiger partial charge in [-0.15, -0.1) is 17.0 Å². The van der Waals surface area contributed by atoms with Gasteiger partial charge in [-0.3, -0.25) is 15.0 Å². The second-order valence-electron chi connectivity index (χ2n) is 4.93. The van der Waals surface area contributed by atoms with Crippen LogP contribution >= 0.6 is 39.9 Å². The average molecular weight is 426 g/mol. The van der Waals surface area contributed by atoms with Crippen molar-refractivity contribution in [1.82, 2.24) is 4.68 Å². The maximum Gasteiger partial charge on any atom is 0.326 e. The molecule has 1 heterocycles. The highest BCUT2D eigenvalue weighted by atomic mass is 79.9. The van der Waals surface area contributed by atoms with E-state index in [1.54, 1.807) is 17.5 Å². The number of hydrogen-bond acceptors (Lipinski definition) is 3. The Labute approximate surface area is 158 Å². The minimum Gasteiger partial charge on any atom is -0.273 e. The zero-order chi connectivity index (χ0) is 16.2. The summed E-state index contributed by atoms with van der Waals surface area (Å²) in [6.45, 7) is 0. The summed E-state index contributed by atoms with van der Waals surface area (Å²) in [5.41, 5.74) is 5.00. The van der Waals surface area contributed by atoms with Crippen LogP contribution in [0.5, 0.6) is 0 Å². The van der Waals surface area contributed by atoms with Crippen LogP contribution in [0.1, 0.15) is 5.56 Å². The zero-order valence-corrected chi connectivity index (χ0v) is 15.7. The SMILES string of the molecule is Br.O=C(Cc1ccccc1)Nn1c(-c2ccc(Cl)cc2)csc1=O. The number of rotatable bonds is 4. The molecule has 1 N–H and O–H groups in total. The largest absolute Gasteiger partial charge is 0.326 e. The Morgan fingerprint density at radius 3 is 2.42 bits per heavy atom. The van der Waals surface area contributed by atoms with Gasteiger partial charge in [0.15, 0.2) is 0 Å². The van der Waals surface area contributed by atoms with E-state index in [1.807, 2.05) is 42.5 Å². The summed E-state index contributed by atoms with van der Waals surface area (Å²) in [6, 6.07) is 16.5. The molecular weight excluding hydrogens is 412 g/mol. The van der Waals surface area contributed by atoms with Crippen LogP contribution in [-0.2, 0) is 11.2 Å². The summed E-state index contributed by atoms with van der Waals surface area (Å²) in [4.78, 5) is 24.0. The molecule has 0 spiro atoms. The summed E-state index contributed by atoms with van der Waals surface area (Å²) in [5.74, 6) is -0.244. The minimum atomic E-state index is -0.244. The van der Waals surface area contributed by atoms with E-state index >= 15 is 0 Å². The Kier molecular flexibility index (Phi) is 6.36. The number of amides is 1. The molecule has 124 valence electrons. The fraction of sp³-hybridized carbons (Fsp3) is 0.0588. The molecule has 0 aliphatic carbocycles. The second kappa shape index (κ2) is 8.28. The third kappa shape index (κ3) is 4.35. The highest BCUT2D eigenvalue weighted by Crippen LogP contribution is 2.21. The zero-order valence-electron chi connectivity index (χ0n) is 12.4. The fourth-order valence-corrected chi connectivity index (χ4v) is 3.01. The van der Waals surface area contributed by atoms with Gasteiger partial charge in [0.05, 0.1) is 12.1 Å². The van der Waals surface area contributed by atoms with Gasteiger partial charge in [-0.2, -0.15) is 0 Å². The van der Waals surface area contributed by atoms with Gasteiger partial charge in [0, 0.05) is 16.0 Å². The van der Waals surface area contributed by atoms with E-state index in [0.717, 1.165) is 22.5 Å². The monoisotopic (exact) mass is 424 g/mol. The lowest BCUT2D eigenvalue weighted by atomic mass is 10.1. The van der Waals surface area contributed by atoms with Crippen LogP contribution in [0.4, 0.5) is 0 Å². The summed E-state index contributed by atoms with van der Waals surface area (Å²) < 4.78 is 1.28. The molecular formula is C17H14BrClN2O2S. The van der Waals surface area contributed by atoms with Crippen LogP contribution in [0, 0.1) is 0 Å². The Balaban J connectivity index is 0.00000208.